The van der Waals surface area contributed by atoms with Crippen molar-refractivity contribution in [2.75, 3.05) is 6.61 Å². The highest BCUT2D eigenvalue weighted by Gasteiger charge is 2.33. The third kappa shape index (κ3) is 4.71. The van der Waals surface area contributed by atoms with Crippen LogP contribution >= 0.6 is 15.9 Å². The molecule has 2 unspecified atom stereocenters. The van der Waals surface area contributed by atoms with Gasteiger partial charge in [0.25, 0.3) is 0 Å². The second kappa shape index (κ2) is 7.63. The second-order valence-corrected chi connectivity index (χ2v) is 6.90. The number of rotatable bonds is 6. The number of hydrogen-bond donors (Lipinski definition) is 2. The van der Waals surface area contributed by atoms with Gasteiger partial charge in [-0.15, -0.1) is 0 Å². The second-order valence-electron chi connectivity index (χ2n) is 6.04. The zero-order valence-electron chi connectivity index (χ0n) is 12.8. The van der Waals surface area contributed by atoms with Gasteiger partial charge in [0.15, 0.2) is 0 Å². The summed E-state index contributed by atoms with van der Waals surface area (Å²) in [4.78, 5) is 0. The molecule has 0 saturated carbocycles. The quantitative estimate of drug-likeness (QED) is 0.461. The first kappa shape index (κ1) is 18.5. The molecule has 0 aromatic heterocycles. The SMILES string of the molecule is CCOC(C(Cc1c(F)ccc(Br)c1F)NN)C(C)(C)C. The summed E-state index contributed by atoms with van der Waals surface area (Å²) in [7, 11) is 0. The van der Waals surface area contributed by atoms with E-state index >= 15 is 0 Å². The lowest BCUT2D eigenvalue weighted by atomic mass is 9.82. The average Bonchev–Trinajstić information content (AvgIpc) is 2.40. The largest absolute Gasteiger partial charge is 0.376 e. The van der Waals surface area contributed by atoms with Crippen molar-refractivity contribution >= 4 is 15.9 Å². The predicted octanol–water partition coefficient (Wildman–Crippen LogP) is 3.55. The first-order valence-electron chi connectivity index (χ1n) is 6.92. The van der Waals surface area contributed by atoms with Crippen LogP contribution in [0.15, 0.2) is 16.6 Å². The smallest absolute Gasteiger partial charge is 0.143 e. The Bertz CT molecular complexity index is 477. The van der Waals surface area contributed by atoms with E-state index in [9.17, 15) is 8.78 Å². The van der Waals surface area contributed by atoms with Gasteiger partial charge in [0.1, 0.15) is 11.6 Å². The maximum atomic E-state index is 14.1. The molecule has 1 aromatic rings. The Morgan fingerprint density at radius 3 is 2.43 bits per heavy atom. The van der Waals surface area contributed by atoms with Crippen LogP contribution in [0.4, 0.5) is 8.78 Å². The van der Waals surface area contributed by atoms with E-state index in [0.717, 1.165) is 0 Å². The molecule has 1 rings (SSSR count). The van der Waals surface area contributed by atoms with Gasteiger partial charge in [-0.3, -0.25) is 11.3 Å². The number of ether oxygens (including phenoxy) is 1. The summed E-state index contributed by atoms with van der Waals surface area (Å²) >= 11 is 3.07. The molecule has 0 heterocycles. The van der Waals surface area contributed by atoms with Gasteiger partial charge in [0, 0.05) is 12.2 Å². The summed E-state index contributed by atoms with van der Waals surface area (Å²) in [5.41, 5.74) is 2.43. The Labute approximate surface area is 133 Å². The van der Waals surface area contributed by atoms with Crippen LogP contribution in [-0.2, 0) is 11.2 Å². The molecule has 0 radical (unpaired) electrons. The Kier molecular flexibility index (Phi) is 6.71. The minimum Gasteiger partial charge on any atom is -0.376 e. The molecule has 0 spiro atoms. The molecule has 0 amide bonds. The summed E-state index contributed by atoms with van der Waals surface area (Å²) in [6.07, 6.45) is -0.166. The van der Waals surface area contributed by atoms with Crippen LogP contribution in [0.3, 0.4) is 0 Å². The van der Waals surface area contributed by atoms with Crippen LogP contribution < -0.4 is 11.3 Å². The summed E-state index contributed by atoms with van der Waals surface area (Å²) in [6.45, 7) is 8.40. The van der Waals surface area contributed by atoms with Crippen molar-refractivity contribution in [1.29, 1.82) is 0 Å². The van der Waals surface area contributed by atoms with Crippen molar-refractivity contribution in [2.24, 2.45) is 11.3 Å². The van der Waals surface area contributed by atoms with E-state index in [1.165, 1.54) is 12.1 Å². The third-order valence-electron chi connectivity index (χ3n) is 3.34. The maximum absolute atomic E-state index is 14.1. The lowest BCUT2D eigenvalue weighted by Gasteiger charge is -2.36. The van der Waals surface area contributed by atoms with E-state index in [-0.39, 0.29) is 28.0 Å². The minimum atomic E-state index is -0.598. The topological polar surface area (TPSA) is 47.3 Å². The fourth-order valence-corrected chi connectivity index (χ4v) is 2.75. The number of nitrogens with two attached hydrogens (primary N) is 1. The van der Waals surface area contributed by atoms with Crippen molar-refractivity contribution in [3.8, 4) is 0 Å². The molecule has 6 heteroatoms. The number of halogens is 3. The molecule has 0 saturated heterocycles. The van der Waals surface area contributed by atoms with Gasteiger partial charge < -0.3 is 4.74 Å². The Morgan fingerprint density at radius 2 is 1.95 bits per heavy atom. The third-order valence-corrected chi connectivity index (χ3v) is 3.95. The fourth-order valence-electron chi connectivity index (χ4n) is 2.38. The number of hydrogen-bond acceptors (Lipinski definition) is 3. The van der Waals surface area contributed by atoms with Gasteiger partial charge >= 0.3 is 0 Å². The van der Waals surface area contributed by atoms with Gasteiger partial charge in [-0.2, -0.15) is 0 Å². The Morgan fingerprint density at radius 1 is 1.33 bits per heavy atom. The molecule has 3 N–H and O–H groups in total. The molecule has 0 fully saturated rings. The van der Waals surface area contributed by atoms with Gasteiger partial charge in [-0.05, 0) is 46.8 Å². The summed E-state index contributed by atoms with van der Waals surface area (Å²) in [5, 5.41) is 0. The van der Waals surface area contributed by atoms with Crippen LogP contribution in [0, 0.1) is 17.0 Å². The van der Waals surface area contributed by atoms with Crippen LogP contribution in [-0.4, -0.2) is 18.8 Å². The van der Waals surface area contributed by atoms with Gasteiger partial charge in [0.05, 0.1) is 16.6 Å². The number of benzene rings is 1. The molecule has 0 aliphatic rings. The van der Waals surface area contributed by atoms with E-state index in [2.05, 4.69) is 21.4 Å². The Balaban J connectivity index is 3.09. The molecule has 0 aliphatic heterocycles. The van der Waals surface area contributed by atoms with Crippen LogP contribution in [0.2, 0.25) is 0 Å². The van der Waals surface area contributed by atoms with Gasteiger partial charge in [-0.1, -0.05) is 20.8 Å². The molecular formula is C15H23BrF2N2O. The molecule has 2 atom stereocenters. The summed E-state index contributed by atoms with van der Waals surface area (Å²) in [6, 6.07) is 2.19. The molecule has 1 aromatic carbocycles. The lowest BCUT2D eigenvalue weighted by Crippen LogP contribution is -2.52. The lowest BCUT2D eigenvalue weighted by molar-refractivity contribution is -0.0359. The molecule has 0 bridgehead atoms. The van der Waals surface area contributed by atoms with E-state index in [1.807, 2.05) is 27.7 Å². The van der Waals surface area contributed by atoms with Crippen molar-refractivity contribution in [1.82, 2.24) is 5.43 Å². The zero-order valence-corrected chi connectivity index (χ0v) is 14.4. The molecular weight excluding hydrogens is 342 g/mol. The molecule has 0 aliphatic carbocycles. The maximum Gasteiger partial charge on any atom is 0.143 e. The minimum absolute atomic E-state index is 0.00118. The molecule has 3 nitrogen and oxygen atoms in total. The van der Waals surface area contributed by atoms with Gasteiger partial charge in [-0.25, -0.2) is 8.78 Å². The predicted molar refractivity (Wildman–Crippen MR) is 83.7 cm³/mol. The highest BCUT2D eigenvalue weighted by atomic mass is 79.9. The highest BCUT2D eigenvalue weighted by molar-refractivity contribution is 9.10. The van der Waals surface area contributed by atoms with Crippen molar-refractivity contribution in [3.63, 3.8) is 0 Å². The summed E-state index contributed by atoms with van der Waals surface area (Å²) < 4.78 is 34.0. The zero-order chi connectivity index (χ0) is 16.2. The van der Waals surface area contributed by atoms with Crippen LogP contribution in [0.5, 0.6) is 0 Å². The van der Waals surface area contributed by atoms with Crippen molar-refractivity contribution in [3.05, 3.63) is 33.8 Å². The standard InChI is InChI=1S/C15H23BrF2N2O/c1-5-21-14(15(2,3)4)12(20-19)8-9-11(17)7-6-10(16)13(9)18/h6-7,12,14,20H,5,8,19H2,1-4H3. The van der Waals surface area contributed by atoms with Crippen LogP contribution in [0.25, 0.3) is 0 Å². The van der Waals surface area contributed by atoms with Crippen LogP contribution in [0.1, 0.15) is 33.3 Å². The average molecular weight is 365 g/mol. The van der Waals surface area contributed by atoms with Gasteiger partial charge in [0.2, 0.25) is 0 Å². The highest BCUT2D eigenvalue weighted by Crippen LogP contribution is 2.29. The normalized spacial score (nSPS) is 15.0. The van der Waals surface area contributed by atoms with E-state index < -0.39 is 17.7 Å². The summed E-state index contributed by atoms with van der Waals surface area (Å²) in [5.74, 6) is 4.42. The molecule has 120 valence electrons. The van der Waals surface area contributed by atoms with E-state index in [4.69, 9.17) is 10.6 Å². The monoisotopic (exact) mass is 364 g/mol. The molecule has 21 heavy (non-hydrogen) atoms. The number of hydrazine groups is 1. The fraction of sp³-hybridized carbons (Fsp3) is 0.600. The van der Waals surface area contributed by atoms with Crippen molar-refractivity contribution in [2.45, 2.75) is 46.3 Å². The van der Waals surface area contributed by atoms with E-state index in [0.29, 0.717) is 6.61 Å². The first-order chi connectivity index (χ1) is 9.72. The first-order valence-corrected chi connectivity index (χ1v) is 7.71. The number of nitrogens with one attached hydrogen (secondary N) is 1. The van der Waals surface area contributed by atoms with E-state index in [1.54, 1.807) is 0 Å². The Hall–Kier alpha value is -0.560. The van der Waals surface area contributed by atoms with Crippen molar-refractivity contribution < 1.29 is 13.5 Å².